The van der Waals surface area contributed by atoms with Crippen LogP contribution < -0.4 is 11.0 Å². The number of benzene rings is 3. The third-order valence-electron chi connectivity index (χ3n) is 6.34. The van der Waals surface area contributed by atoms with E-state index in [-0.39, 0.29) is 51.4 Å². The van der Waals surface area contributed by atoms with Crippen LogP contribution in [0.2, 0.25) is 5.02 Å². The van der Waals surface area contributed by atoms with Crippen LogP contribution in [-0.4, -0.2) is 20.0 Å². The van der Waals surface area contributed by atoms with Crippen LogP contribution in [0.4, 0.5) is 27.6 Å². The Morgan fingerprint density at radius 2 is 1.80 bits per heavy atom. The van der Waals surface area contributed by atoms with Crippen LogP contribution in [0.5, 0.6) is 0 Å². The Balaban J connectivity index is 2.02. The average Bonchev–Trinajstić information content (AvgIpc) is 3.12. The summed E-state index contributed by atoms with van der Waals surface area (Å²) >= 11 is 6.16. The van der Waals surface area contributed by atoms with E-state index in [1.54, 1.807) is 0 Å². The van der Waals surface area contributed by atoms with Gasteiger partial charge in [0.15, 0.2) is 12.0 Å². The number of ketones is 1. The molecule has 41 heavy (non-hydrogen) atoms. The SMILES string of the molecule is CC(C)Cn1c(=O)n(C)c2c(C#N)c(C(=O)c3cc(F)ccc3Cl)c(NC(O)c3cc(F)cc(C(F)(F)F)c3)cc21. The molecule has 0 fully saturated rings. The zero-order valence-electron chi connectivity index (χ0n) is 21.8. The quantitative estimate of drug-likeness (QED) is 0.152. The molecule has 0 bridgehead atoms. The smallest absolute Gasteiger partial charge is 0.369 e. The van der Waals surface area contributed by atoms with Crippen molar-refractivity contribution >= 4 is 34.1 Å². The number of aliphatic hydroxyl groups excluding tert-OH is 1. The number of aromatic nitrogens is 2. The molecule has 0 amide bonds. The highest BCUT2D eigenvalue weighted by molar-refractivity contribution is 6.35. The molecular formula is C28H22ClF5N4O3. The molecule has 0 radical (unpaired) electrons. The zero-order valence-corrected chi connectivity index (χ0v) is 22.5. The molecule has 1 heterocycles. The molecule has 4 rings (SSSR count). The first kappa shape index (κ1) is 29.8. The minimum atomic E-state index is -4.92. The summed E-state index contributed by atoms with van der Waals surface area (Å²) in [4.78, 5) is 26.9. The Kier molecular flexibility index (Phi) is 7.98. The topological polar surface area (TPSA) is 100 Å². The number of imidazole rings is 1. The molecule has 1 atom stereocenters. The van der Waals surface area contributed by atoms with Crippen molar-refractivity contribution in [1.29, 1.82) is 5.26 Å². The lowest BCUT2D eigenvalue weighted by Gasteiger charge is -2.20. The van der Waals surface area contributed by atoms with E-state index in [0.717, 1.165) is 22.8 Å². The minimum absolute atomic E-state index is 0.0358. The second-order valence-electron chi connectivity index (χ2n) is 9.77. The second-order valence-corrected chi connectivity index (χ2v) is 10.2. The van der Waals surface area contributed by atoms with Crippen LogP contribution in [0.1, 0.15) is 52.7 Å². The molecule has 3 aromatic carbocycles. The summed E-state index contributed by atoms with van der Waals surface area (Å²) in [6.07, 6.45) is -6.94. The van der Waals surface area contributed by atoms with Gasteiger partial charge in [-0.15, -0.1) is 0 Å². The summed E-state index contributed by atoms with van der Waals surface area (Å²) in [5.74, 6) is -3.10. The van der Waals surface area contributed by atoms with Crippen LogP contribution in [0.3, 0.4) is 0 Å². The predicted molar refractivity (Wildman–Crippen MR) is 142 cm³/mol. The number of nitrogens with one attached hydrogen (secondary N) is 1. The lowest BCUT2D eigenvalue weighted by Crippen LogP contribution is -2.24. The van der Waals surface area contributed by atoms with Gasteiger partial charge in [-0.2, -0.15) is 18.4 Å². The molecule has 1 unspecified atom stereocenters. The van der Waals surface area contributed by atoms with Gasteiger partial charge >= 0.3 is 11.9 Å². The van der Waals surface area contributed by atoms with Crippen molar-refractivity contribution in [2.75, 3.05) is 5.32 Å². The van der Waals surface area contributed by atoms with Gasteiger partial charge in [0.2, 0.25) is 0 Å². The number of hydrogen-bond donors (Lipinski definition) is 2. The summed E-state index contributed by atoms with van der Waals surface area (Å²) in [6.45, 7) is 3.88. The van der Waals surface area contributed by atoms with Crippen molar-refractivity contribution < 1.29 is 31.9 Å². The van der Waals surface area contributed by atoms with Gasteiger partial charge in [0.1, 0.15) is 17.7 Å². The number of nitrogens with zero attached hydrogens (tertiary/aromatic N) is 3. The standard InChI is InChI=1S/C28H22ClF5N4O3/c1-13(2)12-38-22-10-21(36-26(40)14-6-15(28(32,33)34)8-17(31)7-14)23(19(11-35)24(22)37(3)27(38)41)25(39)18-9-16(30)4-5-20(18)29/h4-10,13,26,36,40H,12H2,1-3H3. The van der Waals surface area contributed by atoms with Crippen molar-refractivity contribution in [2.24, 2.45) is 13.0 Å². The van der Waals surface area contributed by atoms with Crippen molar-refractivity contribution in [3.8, 4) is 6.07 Å². The molecule has 13 heteroatoms. The highest BCUT2D eigenvalue weighted by atomic mass is 35.5. The van der Waals surface area contributed by atoms with Gasteiger partial charge in [0.05, 0.1) is 38.4 Å². The van der Waals surface area contributed by atoms with Crippen molar-refractivity contribution in [2.45, 2.75) is 32.8 Å². The number of carbonyl (C=O) groups excluding carboxylic acids is 1. The fourth-order valence-corrected chi connectivity index (χ4v) is 4.76. The summed E-state index contributed by atoms with van der Waals surface area (Å²) < 4.78 is 70.6. The number of nitriles is 1. The van der Waals surface area contributed by atoms with Crippen molar-refractivity contribution in [3.05, 3.63) is 97.4 Å². The molecule has 0 saturated heterocycles. The monoisotopic (exact) mass is 592 g/mol. The molecule has 4 aromatic rings. The van der Waals surface area contributed by atoms with E-state index in [4.69, 9.17) is 11.6 Å². The first-order valence-electron chi connectivity index (χ1n) is 12.1. The maximum absolute atomic E-state index is 14.1. The zero-order chi connectivity index (χ0) is 30.4. The van der Waals surface area contributed by atoms with E-state index in [2.05, 4.69) is 5.32 Å². The number of aryl methyl sites for hydroxylation is 1. The van der Waals surface area contributed by atoms with E-state index in [1.807, 2.05) is 19.9 Å². The number of rotatable bonds is 7. The Morgan fingerprint density at radius 1 is 1.12 bits per heavy atom. The Hall–Kier alpha value is -4.21. The van der Waals surface area contributed by atoms with Crippen molar-refractivity contribution in [3.63, 3.8) is 0 Å². The minimum Gasteiger partial charge on any atom is -0.369 e. The molecule has 0 aliphatic heterocycles. The molecule has 7 nitrogen and oxygen atoms in total. The molecule has 2 N–H and O–H groups in total. The third kappa shape index (κ3) is 5.68. The summed E-state index contributed by atoms with van der Waals surface area (Å²) in [5.41, 5.74) is -3.59. The Morgan fingerprint density at radius 3 is 2.41 bits per heavy atom. The number of alkyl halides is 3. The van der Waals surface area contributed by atoms with Crippen LogP contribution in [-0.2, 0) is 19.8 Å². The summed E-state index contributed by atoms with van der Waals surface area (Å²) in [6, 6.07) is 7.57. The molecule has 214 valence electrons. The number of fused-ring (bicyclic) bond motifs is 1. The van der Waals surface area contributed by atoms with E-state index in [0.29, 0.717) is 12.1 Å². The Labute approximate surface area is 235 Å². The summed E-state index contributed by atoms with van der Waals surface area (Å²) in [7, 11) is 1.39. The maximum atomic E-state index is 14.1. The molecular weight excluding hydrogens is 571 g/mol. The van der Waals surface area contributed by atoms with Crippen LogP contribution in [0.15, 0.2) is 47.3 Å². The van der Waals surface area contributed by atoms with Gasteiger partial charge in [-0.3, -0.25) is 13.9 Å². The number of halogens is 6. The van der Waals surface area contributed by atoms with Crippen LogP contribution >= 0.6 is 11.6 Å². The lowest BCUT2D eigenvalue weighted by atomic mass is 9.95. The molecule has 0 saturated carbocycles. The fraction of sp³-hybridized carbons (Fsp3) is 0.250. The molecule has 1 aromatic heterocycles. The van der Waals surface area contributed by atoms with Crippen LogP contribution in [0.25, 0.3) is 11.0 Å². The second kappa shape index (κ2) is 11.0. The number of aliphatic hydroxyl groups is 1. The first-order valence-corrected chi connectivity index (χ1v) is 12.5. The van der Waals surface area contributed by atoms with Crippen molar-refractivity contribution in [1.82, 2.24) is 9.13 Å². The maximum Gasteiger partial charge on any atom is 0.416 e. The number of hydrogen-bond acceptors (Lipinski definition) is 5. The Bertz CT molecular complexity index is 1790. The number of anilines is 1. The highest BCUT2D eigenvalue weighted by Crippen LogP contribution is 2.36. The normalized spacial score (nSPS) is 12.5. The van der Waals surface area contributed by atoms with E-state index in [1.165, 1.54) is 17.7 Å². The first-order chi connectivity index (χ1) is 19.1. The van der Waals surface area contributed by atoms with Gasteiger partial charge < -0.3 is 10.4 Å². The van der Waals surface area contributed by atoms with Gasteiger partial charge in [0, 0.05) is 24.7 Å². The molecule has 0 spiro atoms. The fourth-order valence-electron chi connectivity index (χ4n) is 4.55. The van der Waals surface area contributed by atoms with Gasteiger partial charge in [-0.1, -0.05) is 25.4 Å². The van der Waals surface area contributed by atoms with Gasteiger partial charge in [0.25, 0.3) is 0 Å². The van der Waals surface area contributed by atoms with Gasteiger partial charge in [-0.05, 0) is 48.4 Å². The lowest BCUT2D eigenvalue weighted by molar-refractivity contribution is -0.137. The molecule has 0 aliphatic carbocycles. The van der Waals surface area contributed by atoms with E-state index >= 15 is 0 Å². The van der Waals surface area contributed by atoms with E-state index in [9.17, 15) is 41.9 Å². The summed E-state index contributed by atoms with van der Waals surface area (Å²) in [5, 5.41) is 23.4. The molecule has 0 aliphatic rings. The number of carbonyl (C=O) groups is 1. The average molecular weight is 593 g/mol. The van der Waals surface area contributed by atoms with Crippen LogP contribution in [0, 0.1) is 28.9 Å². The third-order valence-corrected chi connectivity index (χ3v) is 6.67. The van der Waals surface area contributed by atoms with Gasteiger partial charge in [-0.25, -0.2) is 13.6 Å². The largest absolute Gasteiger partial charge is 0.416 e. The predicted octanol–water partition coefficient (Wildman–Crippen LogP) is 6.15. The highest BCUT2D eigenvalue weighted by Gasteiger charge is 2.33. The van der Waals surface area contributed by atoms with E-state index < -0.39 is 52.2 Å².